The summed E-state index contributed by atoms with van der Waals surface area (Å²) in [5.74, 6) is 0.840. The van der Waals surface area contributed by atoms with Gasteiger partial charge in [-0.1, -0.05) is 61.7 Å². The van der Waals surface area contributed by atoms with Crippen LogP contribution in [-0.4, -0.2) is 16.7 Å². The number of hydrogen-bond donors (Lipinski definition) is 1. The molecule has 0 saturated heterocycles. The Morgan fingerprint density at radius 1 is 1.14 bits per heavy atom. The highest BCUT2D eigenvalue weighted by molar-refractivity contribution is 5.35. The summed E-state index contributed by atoms with van der Waals surface area (Å²) in [4.78, 5) is 4.63. The summed E-state index contributed by atoms with van der Waals surface area (Å²) in [6, 6.07) is 11.2. The quantitative estimate of drug-likeness (QED) is 0.897. The Bertz CT molecular complexity index is 558. The first kappa shape index (κ1) is 14.1. The first-order valence-corrected chi connectivity index (χ1v) is 7.99. The van der Waals surface area contributed by atoms with Crippen LogP contribution in [0.1, 0.15) is 56.8 Å². The average molecular weight is 285 g/mol. The van der Waals surface area contributed by atoms with Crippen molar-refractivity contribution in [3.05, 3.63) is 41.7 Å². The highest BCUT2D eigenvalue weighted by atomic mass is 16.5. The van der Waals surface area contributed by atoms with E-state index in [1.54, 1.807) is 0 Å². The molecule has 0 aliphatic heterocycles. The zero-order valence-electron chi connectivity index (χ0n) is 12.6. The van der Waals surface area contributed by atoms with Crippen molar-refractivity contribution < 1.29 is 4.52 Å². The number of benzene rings is 1. The van der Waals surface area contributed by atoms with Crippen LogP contribution in [0.15, 0.2) is 34.9 Å². The van der Waals surface area contributed by atoms with Crippen LogP contribution in [0.25, 0.3) is 0 Å². The third-order valence-electron chi connectivity index (χ3n) is 4.41. The summed E-state index contributed by atoms with van der Waals surface area (Å²) < 4.78 is 5.39. The van der Waals surface area contributed by atoms with Gasteiger partial charge in [-0.2, -0.15) is 4.98 Å². The van der Waals surface area contributed by atoms with Crippen LogP contribution >= 0.6 is 0 Å². The van der Waals surface area contributed by atoms with Crippen LogP contribution in [-0.2, 0) is 5.41 Å². The lowest BCUT2D eigenvalue weighted by molar-refractivity contribution is 0.314. The van der Waals surface area contributed by atoms with Crippen molar-refractivity contribution in [1.29, 1.82) is 0 Å². The topological polar surface area (TPSA) is 51.0 Å². The molecular formula is C17H23N3O. The van der Waals surface area contributed by atoms with Crippen LogP contribution in [0.2, 0.25) is 0 Å². The fourth-order valence-corrected chi connectivity index (χ4v) is 3.28. The van der Waals surface area contributed by atoms with E-state index in [4.69, 9.17) is 4.52 Å². The van der Waals surface area contributed by atoms with Crippen molar-refractivity contribution >= 4 is 6.01 Å². The summed E-state index contributed by atoms with van der Waals surface area (Å²) in [7, 11) is 0. The smallest absolute Gasteiger partial charge is 0.321 e. The van der Waals surface area contributed by atoms with Crippen molar-refractivity contribution in [2.24, 2.45) is 0 Å². The van der Waals surface area contributed by atoms with Gasteiger partial charge in [0.15, 0.2) is 5.82 Å². The van der Waals surface area contributed by atoms with E-state index in [0.717, 1.165) is 31.6 Å². The largest absolute Gasteiger partial charge is 0.338 e. The Hall–Kier alpha value is -1.84. The van der Waals surface area contributed by atoms with Crippen molar-refractivity contribution in [2.45, 2.75) is 50.9 Å². The van der Waals surface area contributed by atoms with Gasteiger partial charge < -0.3 is 9.84 Å². The molecule has 0 atom stereocenters. The van der Waals surface area contributed by atoms with Gasteiger partial charge in [0.2, 0.25) is 0 Å². The predicted molar refractivity (Wildman–Crippen MR) is 83.4 cm³/mol. The maximum Gasteiger partial charge on any atom is 0.321 e. The molecule has 21 heavy (non-hydrogen) atoms. The number of anilines is 1. The van der Waals surface area contributed by atoms with E-state index in [1.165, 1.54) is 24.8 Å². The summed E-state index contributed by atoms with van der Waals surface area (Å²) in [5, 5.41) is 7.47. The number of nitrogens with zero attached hydrogens (tertiary/aromatic N) is 2. The zero-order chi connectivity index (χ0) is 14.5. The summed E-state index contributed by atoms with van der Waals surface area (Å²) in [6.07, 6.45) is 6.99. The molecule has 1 N–H and O–H groups in total. The van der Waals surface area contributed by atoms with Crippen molar-refractivity contribution in [1.82, 2.24) is 10.1 Å². The molecule has 1 aliphatic carbocycles. The SMILES string of the molecule is CCCNc1nc(C2(c3ccccc3)CCCCC2)no1. The van der Waals surface area contributed by atoms with Gasteiger partial charge >= 0.3 is 6.01 Å². The number of aromatic nitrogens is 2. The lowest BCUT2D eigenvalue weighted by Gasteiger charge is -2.34. The molecule has 0 spiro atoms. The Balaban J connectivity index is 1.94. The Morgan fingerprint density at radius 3 is 2.62 bits per heavy atom. The molecule has 0 bridgehead atoms. The van der Waals surface area contributed by atoms with E-state index in [-0.39, 0.29) is 5.41 Å². The minimum atomic E-state index is -0.0743. The van der Waals surface area contributed by atoms with Crippen molar-refractivity contribution in [2.75, 3.05) is 11.9 Å². The molecule has 4 heteroatoms. The molecule has 4 nitrogen and oxygen atoms in total. The first-order valence-electron chi connectivity index (χ1n) is 7.99. The number of hydrogen-bond acceptors (Lipinski definition) is 4. The molecule has 1 aliphatic rings. The minimum Gasteiger partial charge on any atom is -0.338 e. The molecule has 3 rings (SSSR count). The maximum absolute atomic E-state index is 5.39. The van der Waals surface area contributed by atoms with Crippen LogP contribution in [0.5, 0.6) is 0 Å². The van der Waals surface area contributed by atoms with E-state index in [9.17, 15) is 0 Å². The lowest BCUT2D eigenvalue weighted by Crippen LogP contribution is -2.31. The molecule has 1 aromatic carbocycles. The van der Waals surface area contributed by atoms with Crippen LogP contribution in [0.3, 0.4) is 0 Å². The minimum absolute atomic E-state index is 0.0743. The monoisotopic (exact) mass is 285 g/mol. The highest BCUT2D eigenvalue weighted by Crippen LogP contribution is 2.43. The van der Waals surface area contributed by atoms with Gasteiger partial charge in [0.1, 0.15) is 0 Å². The molecule has 1 aromatic heterocycles. The van der Waals surface area contributed by atoms with Gasteiger partial charge in [-0.3, -0.25) is 0 Å². The standard InChI is InChI=1S/C17H23N3O/c1-2-13-18-16-19-15(20-21-16)17(11-7-4-8-12-17)14-9-5-3-6-10-14/h3,5-6,9-10H,2,4,7-8,11-13H2,1H3,(H,18,19,20). The van der Waals surface area contributed by atoms with Crippen LogP contribution in [0.4, 0.5) is 6.01 Å². The maximum atomic E-state index is 5.39. The van der Waals surface area contributed by atoms with Gasteiger partial charge in [0.25, 0.3) is 0 Å². The third-order valence-corrected chi connectivity index (χ3v) is 4.41. The fourth-order valence-electron chi connectivity index (χ4n) is 3.28. The molecule has 0 radical (unpaired) electrons. The number of nitrogens with one attached hydrogen (secondary N) is 1. The second kappa shape index (κ2) is 6.29. The molecule has 1 fully saturated rings. The summed E-state index contributed by atoms with van der Waals surface area (Å²) >= 11 is 0. The highest BCUT2D eigenvalue weighted by Gasteiger charge is 2.39. The molecule has 1 saturated carbocycles. The normalized spacial score (nSPS) is 17.6. The van der Waals surface area contributed by atoms with Gasteiger partial charge in [-0.05, 0) is 24.8 Å². The third kappa shape index (κ3) is 2.80. The summed E-state index contributed by atoms with van der Waals surface area (Å²) in [6.45, 7) is 2.98. The molecule has 2 aromatic rings. The second-order valence-electron chi connectivity index (χ2n) is 5.86. The van der Waals surface area contributed by atoms with E-state index in [2.05, 4.69) is 52.7 Å². The van der Waals surface area contributed by atoms with Crippen molar-refractivity contribution in [3.63, 3.8) is 0 Å². The van der Waals surface area contributed by atoms with E-state index in [1.807, 2.05) is 0 Å². The molecular weight excluding hydrogens is 262 g/mol. The second-order valence-corrected chi connectivity index (χ2v) is 5.86. The fraction of sp³-hybridized carbons (Fsp3) is 0.529. The summed E-state index contributed by atoms with van der Waals surface area (Å²) in [5.41, 5.74) is 1.24. The molecule has 112 valence electrons. The molecule has 0 amide bonds. The number of rotatable bonds is 5. The van der Waals surface area contributed by atoms with Crippen LogP contribution in [0, 0.1) is 0 Å². The van der Waals surface area contributed by atoms with Gasteiger partial charge in [-0.15, -0.1) is 0 Å². The molecule has 0 unspecified atom stereocenters. The van der Waals surface area contributed by atoms with Crippen LogP contribution < -0.4 is 5.32 Å². The Morgan fingerprint density at radius 2 is 1.90 bits per heavy atom. The Labute approximate surface area is 126 Å². The van der Waals surface area contributed by atoms with E-state index >= 15 is 0 Å². The predicted octanol–water partition coefficient (Wildman–Crippen LogP) is 4.14. The lowest BCUT2D eigenvalue weighted by atomic mass is 9.69. The average Bonchev–Trinajstić information content (AvgIpc) is 3.04. The zero-order valence-corrected chi connectivity index (χ0v) is 12.6. The molecule has 1 heterocycles. The van der Waals surface area contributed by atoms with Crippen molar-refractivity contribution in [3.8, 4) is 0 Å². The van der Waals surface area contributed by atoms with Gasteiger partial charge in [0, 0.05) is 6.54 Å². The Kier molecular flexibility index (Phi) is 4.23. The van der Waals surface area contributed by atoms with Gasteiger partial charge in [0.05, 0.1) is 5.41 Å². The van der Waals surface area contributed by atoms with Gasteiger partial charge in [-0.25, -0.2) is 0 Å². The first-order chi connectivity index (χ1) is 10.3. The van der Waals surface area contributed by atoms with E-state index < -0.39 is 0 Å². The van der Waals surface area contributed by atoms with E-state index in [0.29, 0.717) is 6.01 Å².